The number of carbonyl (C=O) groups is 2. The molecule has 0 radical (unpaired) electrons. The van der Waals surface area contributed by atoms with Crippen LogP contribution < -0.4 is 0 Å². The molecule has 3 nitrogen and oxygen atoms in total. The highest BCUT2D eigenvalue weighted by Gasteiger charge is 2.69. The first-order valence-electron chi connectivity index (χ1n) is 14.0. The van der Waals surface area contributed by atoms with E-state index in [2.05, 4.69) is 47.6 Å². The fourth-order valence-electron chi connectivity index (χ4n) is 10.6. The van der Waals surface area contributed by atoms with Crippen LogP contribution in [-0.4, -0.2) is 23.3 Å². The van der Waals surface area contributed by atoms with Crippen molar-refractivity contribution < 1.29 is 14.7 Å². The Morgan fingerprint density at radius 3 is 2.21 bits per heavy atom. The maximum atomic E-state index is 13.4. The first kappa shape index (κ1) is 24.7. The van der Waals surface area contributed by atoms with Gasteiger partial charge in [-0.1, -0.05) is 67.0 Å². The molecule has 5 rings (SSSR count). The van der Waals surface area contributed by atoms with Gasteiger partial charge in [0.1, 0.15) is 0 Å². The number of ketones is 2. The minimum absolute atomic E-state index is 0.00450. The molecule has 0 aromatic heterocycles. The number of hydrogen-bond donors (Lipinski definition) is 1. The molecule has 190 valence electrons. The van der Waals surface area contributed by atoms with E-state index in [0.717, 1.165) is 25.7 Å². The number of fused-ring (bicyclic) bond motifs is 7. The summed E-state index contributed by atoms with van der Waals surface area (Å²) in [7, 11) is 0. The predicted octanol–water partition coefficient (Wildman–Crippen LogP) is 6.77. The summed E-state index contributed by atoms with van der Waals surface area (Å²) < 4.78 is 0. The molecule has 2 unspecified atom stereocenters. The zero-order chi connectivity index (χ0) is 25.1. The molecule has 5 aliphatic rings. The third kappa shape index (κ3) is 2.69. The average molecular weight is 469 g/mol. The summed E-state index contributed by atoms with van der Waals surface area (Å²) in [5, 5.41) is 10.6. The Morgan fingerprint density at radius 1 is 0.882 bits per heavy atom. The lowest BCUT2D eigenvalue weighted by Crippen LogP contribution is -2.65. The van der Waals surface area contributed by atoms with Gasteiger partial charge in [0.05, 0.1) is 0 Å². The van der Waals surface area contributed by atoms with E-state index in [1.165, 1.54) is 31.3 Å². The van der Waals surface area contributed by atoms with Crippen LogP contribution >= 0.6 is 0 Å². The van der Waals surface area contributed by atoms with Crippen LogP contribution in [0.5, 0.6) is 0 Å². The molecule has 0 aromatic rings. The molecule has 0 amide bonds. The van der Waals surface area contributed by atoms with E-state index >= 15 is 0 Å². The molecule has 0 aliphatic heterocycles. The van der Waals surface area contributed by atoms with Crippen LogP contribution in [0.25, 0.3) is 0 Å². The number of aliphatic hydroxyl groups is 1. The number of Topliss-reactive ketones (excluding diaryl/α,β-unsaturated/α-hetero) is 2. The molecule has 0 saturated heterocycles. The molecule has 0 aromatic carbocycles. The predicted molar refractivity (Wildman–Crippen MR) is 136 cm³/mol. The lowest BCUT2D eigenvalue weighted by Gasteiger charge is -2.71. The third-order valence-electron chi connectivity index (χ3n) is 13.5. The number of allylic oxidation sites excluding steroid dienone is 2. The SMILES string of the molecule is C[C@H]1CC[C@@]2(C)C(CC[C@]3(C)C2CC=C2[C@@H]4CC(C)(C)C(=O)C(=O)[C@]4(C)CC[C@]23C)[C@@]1(C)CO. The Hall–Kier alpha value is -0.960. The van der Waals surface area contributed by atoms with Crippen LogP contribution in [0.2, 0.25) is 0 Å². The van der Waals surface area contributed by atoms with E-state index in [1.807, 2.05) is 13.8 Å². The van der Waals surface area contributed by atoms with Crippen molar-refractivity contribution in [2.75, 3.05) is 6.61 Å². The van der Waals surface area contributed by atoms with E-state index in [1.54, 1.807) is 0 Å². The molecule has 9 atom stereocenters. The second-order valence-electron chi connectivity index (χ2n) is 15.1. The van der Waals surface area contributed by atoms with E-state index < -0.39 is 10.8 Å². The molecular weight excluding hydrogens is 420 g/mol. The molecule has 1 N–H and O–H groups in total. The molecule has 0 heterocycles. The molecular formula is C31H48O3. The first-order valence-corrected chi connectivity index (χ1v) is 14.0. The Labute approximate surface area is 207 Å². The highest BCUT2D eigenvalue weighted by atomic mass is 16.3. The molecule has 5 aliphatic carbocycles. The molecule has 4 fully saturated rings. The van der Waals surface area contributed by atoms with Gasteiger partial charge < -0.3 is 5.11 Å². The van der Waals surface area contributed by atoms with Crippen LogP contribution in [0.3, 0.4) is 0 Å². The molecule has 3 heteroatoms. The topological polar surface area (TPSA) is 54.4 Å². The van der Waals surface area contributed by atoms with Crippen molar-refractivity contribution in [3.63, 3.8) is 0 Å². The van der Waals surface area contributed by atoms with Gasteiger partial charge in [-0.15, -0.1) is 0 Å². The molecule has 34 heavy (non-hydrogen) atoms. The van der Waals surface area contributed by atoms with Crippen molar-refractivity contribution in [2.45, 2.75) is 107 Å². The summed E-state index contributed by atoms with van der Waals surface area (Å²) in [5.74, 6) is 1.65. The van der Waals surface area contributed by atoms with Gasteiger partial charge in [-0.05, 0) is 96.7 Å². The van der Waals surface area contributed by atoms with Crippen molar-refractivity contribution in [1.82, 2.24) is 0 Å². The second kappa shape index (κ2) is 7.08. The van der Waals surface area contributed by atoms with Crippen LogP contribution in [0, 0.1) is 56.2 Å². The van der Waals surface area contributed by atoms with E-state index in [9.17, 15) is 14.7 Å². The van der Waals surface area contributed by atoms with Gasteiger partial charge in [0.25, 0.3) is 0 Å². The Balaban J connectivity index is 1.60. The zero-order valence-electron chi connectivity index (χ0n) is 23.0. The lowest BCUT2D eigenvalue weighted by atomic mass is 9.33. The summed E-state index contributed by atoms with van der Waals surface area (Å²) in [6.45, 7) is 18.7. The minimum atomic E-state index is -0.565. The fourth-order valence-corrected chi connectivity index (χ4v) is 10.6. The van der Waals surface area contributed by atoms with Crippen LogP contribution in [-0.2, 0) is 9.59 Å². The average Bonchev–Trinajstić information content (AvgIpc) is 2.77. The number of aliphatic hydroxyl groups excluding tert-OH is 1. The minimum Gasteiger partial charge on any atom is -0.396 e. The Kier molecular flexibility index (Phi) is 5.15. The third-order valence-corrected chi connectivity index (χ3v) is 13.5. The summed E-state index contributed by atoms with van der Waals surface area (Å²) >= 11 is 0. The van der Waals surface area contributed by atoms with Crippen LogP contribution in [0.15, 0.2) is 11.6 Å². The van der Waals surface area contributed by atoms with Crippen molar-refractivity contribution in [2.24, 2.45) is 56.2 Å². The van der Waals surface area contributed by atoms with Gasteiger partial charge in [0.2, 0.25) is 11.6 Å². The molecule has 0 spiro atoms. The maximum Gasteiger partial charge on any atom is 0.205 e. The van der Waals surface area contributed by atoms with E-state index in [4.69, 9.17) is 0 Å². The summed E-state index contributed by atoms with van der Waals surface area (Å²) in [4.78, 5) is 26.4. The monoisotopic (exact) mass is 468 g/mol. The zero-order valence-corrected chi connectivity index (χ0v) is 23.0. The van der Waals surface area contributed by atoms with Crippen molar-refractivity contribution in [3.05, 3.63) is 11.6 Å². The fraction of sp³-hybridized carbons (Fsp3) is 0.871. The van der Waals surface area contributed by atoms with Gasteiger partial charge in [0.15, 0.2) is 0 Å². The normalized spacial score (nSPS) is 54.3. The number of rotatable bonds is 1. The van der Waals surface area contributed by atoms with E-state index in [0.29, 0.717) is 24.4 Å². The summed E-state index contributed by atoms with van der Waals surface area (Å²) in [6.07, 6.45) is 11.1. The van der Waals surface area contributed by atoms with Crippen molar-refractivity contribution in [1.29, 1.82) is 0 Å². The molecule has 4 saturated carbocycles. The largest absolute Gasteiger partial charge is 0.396 e. The van der Waals surface area contributed by atoms with Gasteiger partial charge >= 0.3 is 0 Å². The second-order valence-corrected chi connectivity index (χ2v) is 15.1. The number of hydrogen-bond acceptors (Lipinski definition) is 3. The van der Waals surface area contributed by atoms with Gasteiger partial charge in [0, 0.05) is 17.4 Å². The van der Waals surface area contributed by atoms with Gasteiger partial charge in [-0.2, -0.15) is 0 Å². The molecule has 0 bridgehead atoms. The van der Waals surface area contributed by atoms with E-state index in [-0.39, 0.29) is 39.1 Å². The highest BCUT2D eigenvalue weighted by Crippen LogP contribution is 2.75. The van der Waals surface area contributed by atoms with Crippen molar-refractivity contribution >= 4 is 11.6 Å². The maximum absolute atomic E-state index is 13.4. The Bertz CT molecular complexity index is 962. The summed E-state index contributed by atoms with van der Waals surface area (Å²) in [5.41, 5.74) is 0.913. The van der Waals surface area contributed by atoms with Crippen LogP contribution in [0.4, 0.5) is 0 Å². The smallest absolute Gasteiger partial charge is 0.205 e. The Morgan fingerprint density at radius 2 is 1.56 bits per heavy atom. The van der Waals surface area contributed by atoms with Crippen molar-refractivity contribution in [3.8, 4) is 0 Å². The van der Waals surface area contributed by atoms with Crippen LogP contribution in [0.1, 0.15) is 107 Å². The van der Waals surface area contributed by atoms with Gasteiger partial charge in [-0.3, -0.25) is 9.59 Å². The lowest BCUT2D eigenvalue weighted by molar-refractivity contribution is -0.200. The summed E-state index contributed by atoms with van der Waals surface area (Å²) in [6, 6.07) is 0. The standard InChI is InChI=1S/C31H48O3/c1-19-11-13-28(5)22(29(19,6)18-32)12-14-31(8)23(28)10-9-20-21-17-26(2,3)24(33)25(34)27(21,4)15-16-30(20,31)7/h9,19,21-23,32H,10-18H2,1-8H3/t19-,21-,22?,23?,27+,28-,29-,30+,31+/m0/s1. The quantitative estimate of drug-likeness (QED) is 0.341. The highest BCUT2D eigenvalue weighted by molar-refractivity contribution is 6.41. The number of carbonyl (C=O) groups excluding carboxylic acids is 2. The first-order chi connectivity index (χ1) is 15.6. The van der Waals surface area contributed by atoms with Gasteiger partial charge in [-0.25, -0.2) is 0 Å².